The summed E-state index contributed by atoms with van der Waals surface area (Å²) in [6.45, 7) is 5.08. The average molecular weight is 241 g/mol. The Kier molecular flexibility index (Phi) is 3.76. The highest BCUT2D eigenvalue weighted by molar-refractivity contribution is 7.92. The zero-order valence-corrected chi connectivity index (χ0v) is 10.8. The SMILES string of the molecule is CC(C)(C)S(=O)(=O)CC(N)c1ccccc1. The van der Waals surface area contributed by atoms with Crippen LogP contribution in [-0.2, 0) is 9.84 Å². The van der Waals surface area contributed by atoms with Crippen molar-refractivity contribution in [1.29, 1.82) is 0 Å². The van der Waals surface area contributed by atoms with Crippen LogP contribution in [0.25, 0.3) is 0 Å². The van der Waals surface area contributed by atoms with Crippen molar-refractivity contribution in [2.24, 2.45) is 5.73 Å². The number of hydrogen-bond donors (Lipinski definition) is 1. The van der Waals surface area contributed by atoms with Crippen molar-refractivity contribution in [2.75, 3.05) is 5.75 Å². The van der Waals surface area contributed by atoms with Gasteiger partial charge in [-0.05, 0) is 26.3 Å². The summed E-state index contributed by atoms with van der Waals surface area (Å²) in [5, 5.41) is 0. The number of sulfone groups is 1. The maximum atomic E-state index is 12.0. The van der Waals surface area contributed by atoms with E-state index in [0.29, 0.717) is 0 Å². The molecule has 0 aromatic heterocycles. The van der Waals surface area contributed by atoms with E-state index in [1.165, 1.54) is 0 Å². The molecule has 1 aromatic carbocycles. The van der Waals surface area contributed by atoms with Gasteiger partial charge < -0.3 is 5.73 Å². The third-order valence-corrected chi connectivity index (χ3v) is 5.22. The van der Waals surface area contributed by atoms with Crippen molar-refractivity contribution < 1.29 is 8.42 Å². The van der Waals surface area contributed by atoms with E-state index in [1.54, 1.807) is 20.8 Å². The van der Waals surface area contributed by atoms with Crippen molar-refractivity contribution in [1.82, 2.24) is 0 Å². The van der Waals surface area contributed by atoms with Crippen LogP contribution < -0.4 is 5.73 Å². The van der Waals surface area contributed by atoms with E-state index in [-0.39, 0.29) is 5.75 Å². The van der Waals surface area contributed by atoms with Crippen LogP contribution in [0.1, 0.15) is 32.4 Å². The van der Waals surface area contributed by atoms with Crippen LogP contribution in [0, 0.1) is 0 Å². The molecule has 16 heavy (non-hydrogen) atoms. The van der Waals surface area contributed by atoms with E-state index in [1.807, 2.05) is 30.3 Å². The Hall–Kier alpha value is -0.870. The molecule has 0 fully saturated rings. The Morgan fingerprint density at radius 1 is 1.19 bits per heavy atom. The Balaban J connectivity index is 2.85. The van der Waals surface area contributed by atoms with E-state index < -0.39 is 20.6 Å². The summed E-state index contributed by atoms with van der Waals surface area (Å²) < 4.78 is 23.2. The maximum Gasteiger partial charge on any atom is 0.157 e. The second-order valence-electron chi connectivity index (χ2n) is 4.91. The van der Waals surface area contributed by atoms with Gasteiger partial charge in [0, 0.05) is 6.04 Å². The molecule has 1 rings (SSSR count). The molecule has 0 saturated heterocycles. The Morgan fingerprint density at radius 3 is 2.12 bits per heavy atom. The number of hydrogen-bond acceptors (Lipinski definition) is 3. The molecule has 90 valence electrons. The molecule has 0 heterocycles. The summed E-state index contributed by atoms with van der Waals surface area (Å²) in [4.78, 5) is 0. The predicted molar refractivity (Wildman–Crippen MR) is 66.9 cm³/mol. The molecule has 0 aliphatic carbocycles. The van der Waals surface area contributed by atoms with E-state index in [4.69, 9.17) is 5.73 Å². The first kappa shape index (κ1) is 13.2. The predicted octanol–water partition coefficient (Wildman–Crippen LogP) is 1.90. The van der Waals surface area contributed by atoms with Crippen molar-refractivity contribution >= 4 is 9.84 Å². The molecule has 0 amide bonds. The van der Waals surface area contributed by atoms with E-state index in [9.17, 15) is 8.42 Å². The molecule has 3 nitrogen and oxygen atoms in total. The summed E-state index contributed by atoms with van der Waals surface area (Å²) in [5.74, 6) is -0.0134. The zero-order valence-electron chi connectivity index (χ0n) is 9.97. The molecule has 1 aromatic rings. The Morgan fingerprint density at radius 2 is 1.69 bits per heavy atom. The van der Waals surface area contributed by atoms with Gasteiger partial charge in [-0.15, -0.1) is 0 Å². The standard InChI is InChI=1S/C12H19NO2S/c1-12(2,3)16(14,15)9-11(13)10-7-5-4-6-8-10/h4-8,11H,9,13H2,1-3H3. The van der Waals surface area contributed by atoms with Gasteiger partial charge in [0.15, 0.2) is 9.84 Å². The van der Waals surface area contributed by atoms with Gasteiger partial charge in [0.05, 0.1) is 10.5 Å². The van der Waals surface area contributed by atoms with Gasteiger partial charge in [-0.3, -0.25) is 0 Å². The van der Waals surface area contributed by atoms with Gasteiger partial charge in [0.25, 0.3) is 0 Å². The minimum atomic E-state index is -3.17. The molecule has 0 spiro atoms. The third kappa shape index (κ3) is 3.06. The zero-order chi connectivity index (χ0) is 12.4. The highest BCUT2D eigenvalue weighted by Gasteiger charge is 2.30. The fraction of sp³-hybridized carbons (Fsp3) is 0.500. The van der Waals surface area contributed by atoms with Crippen LogP contribution in [0.15, 0.2) is 30.3 Å². The quantitative estimate of drug-likeness (QED) is 0.879. The van der Waals surface area contributed by atoms with Gasteiger partial charge >= 0.3 is 0 Å². The lowest BCUT2D eigenvalue weighted by Crippen LogP contribution is -2.34. The van der Waals surface area contributed by atoms with Gasteiger partial charge in [-0.2, -0.15) is 0 Å². The first-order chi connectivity index (χ1) is 7.24. The van der Waals surface area contributed by atoms with Crippen LogP contribution in [0.3, 0.4) is 0 Å². The summed E-state index contributed by atoms with van der Waals surface area (Å²) in [7, 11) is -3.17. The van der Waals surface area contributed by atoms with Crippen molar-refractivity contribution in [3.05, 3.63) is 35.9 Å². The van der Waals surface area contributed by atoms with E-state index in [0.717, 1.165) is 5.56 Å². The van der Waals surface area contributed by atoms with Gasteiger partial charge in [0.2, 0.25) is 0 Å². The number of nitrogens with two attached hydrogens (primary N) is 1. The molecule has 0 aliphatic rings. The minimum absolute atomic E-state index is 0.0134. The monoisotopic (exact) mass is 241 g/mol. The number of benzene rings is 1. The highest BCUT2D eigenvalue weighted by atomic mass is 32.2. The Bertz CT molecular complexity index is 432. The summed E-state index contributed by atoms with van der Waals surface area (Å²) in [5.41, 5.74) is 6.76. The first-order valence-corrected chi connectivity index (χ1v) is 6.92. The smallest absolute Gasteiger partial charge is 0.157 e. The number of rotatable bonds is 3. The molecule has 0 bridgehead atoms. The van der Waals surface area contributed by atoms with Crippen LogP contribution in [0.5, 0.6) is 0 Å². The summed E-state index contributed by atoms with van der Waals surface area (Å²) in [6.07, 6.45) is 0. The lowest BCUT2D eigenvalue weighted by Gasteiger charge is -2.22. The van der Waals surface area contributed by atoms with Gasteiger partial charge in [-0.25, -0.2) is 8.42 Å². The Labute approximate surface area is 97.6 Å². The molecule has 0 saturated carbocycles. The minimum Gasteiger partial charge on any atom is -0.323 e. The molecule has 1 atom stereocenters. The topological polar surface area (TPSA) is 60.2 Å². The molecule has 2 N–H and O–H groups in total. The van der Waals surface area contributed by atoms with Gasteiger partial charge in [-0.1, -0.05) is 30.3 Å². The molecular weight excluding hydrogens is 222 g/mol. The second kappa shape index (κ2) is 4.55. The molecule has 0 aliphatic heterocycles. The fourth-order valence-corrected chi connectivity index (χ4v) is 2.45. The van der Waals surface area contributed by atoms with Crippen LogP contribution in [0.2, 0.25) is 0 Å². The highest BCUT2D eigenvalue weighted by Crippen LogP contribution is 2.21. The van der Waals surface area contributed by atoms with E-state index >= 15 is 0 Å². The summed E-state index contributed by atoms with van der Waals surface area (Å²) in [6, 6.07) is 8.85. The van der Waals surface area contributed by atoms with Crippen molar-refractivity contribution in [3.8, 4) is 0 Å². The lowest BCUT2D eigenvalue weighted by atomic mass is 10.1. The summed E-state index contributed by atoms with van der Waals surface area (Å²) >= 11 is 0. The molecule has 4 heteroatoms. The molecule has 0 radical (unpaired) electrons. The maximum absolute atomic E-state index is 12.0. The van der Waals surface area contributed by atoms with Gasteiger partial charge in [0.1, 0.15) is 0 Å². The average Bonchev–Trinajstić information content (AvgIpc) is 2.16. The normalized spacial score (nSPS) is 14.8. The van der Waals surface area contributed by atoms with Crippen molar-refractivity contribution in [3.63, 3.8) is 0 Å². The second-order valence-corrected chi connectivity index (χ2v) is 7.70. The molecule has 1 unspecified atom stereocenters. The third-order valence-electron chi connectivity index (χ3n) is 2.56. The van der Waals surface area contributed by atoms with Crippen molar-refractivity contribution in [2.45, 2.75) is 31.6 Å². The molecular formula is C12H19NO2S. The van der Waals surface area contributed by atoms with Crippen LogP contribution in [-0.4, -0.2) is 18.9 Å². The largest absolute Gasteiger partial charge is 0.323 e. The van der Waals surface area contributed by atoms with Crippen LogP contribution >= 0.6 is 0 Å². The first-order valence-electron chi connectivity index (χ1n) is 5.27. The fourth-order valence-electron chi connectivity index (χ4n) is 1.28. The lowest BCUT2D eigenvalue weighted by molar-refractivity contribution is 0.553. The van der Waals surface area contributed by atoms with E-state index in [2.05, 4.69) is 0 Å². The van der Waals surface area contributed by atoms with Crippen LogP contribution in [0.4, 0.5) is 0 Å².